The summed E-state index contributed by atoms with van der Waals surface area (Å²) in [7, 11) is 0. The van der Waals surface area contributed by atoms with E-state index in [1.165, 1.54) is 0 Å². The van der Waals surface area contributed by atoms with E-state index in [2.05, 4.69) is 36.9 Å². The fraction of sp³-hybridized carbons (Fsp3) is 0.125. The van der Waals surface area contributed by atoms with E-state index in [1.54, 1.807) is 6.07 Å². The number of alkyl halides is 1. The van der Waals surface area contributed by atoms with Crippen LogP contribution in [0.4, 0.5) is 5.69 Å². The van der Waals surface area contributed by atoms with Crippen molar-refractivity contribution in [1.82, 2.24) is 0 Å². The molecule has 0 aliphatic carbocycles. The van der Waals surface area contributed by atoms with E-state index in [0.29, 0.717) is 30.5 Å². The molecule has 7 heteroatoms. The average molecular weight is 395 g/mol. The molecule has 2 nitrogen and oxygen atoms in total. The van der Waals surface area contributed by atoms with Crippen LogP contribution in [0.2, 0.25) is 10.0 Å². The van der Waals surface area contributed by atoms with Gasteiger partial charge in [-0.2, -0.15) is 0 Å². The average Bonchev–Trinajstić information content (AvgIpc) is 2.22. The topological polar surface area (TPSA) is 38.4 Å². The summed E-state index contributed by atoms with van der Waals surface area (Å²) >= 11 is 24.0. The fourth-order valence-corrected chi connectivity index (χ4v) is 2.31. The lowest BCUT2D eigenvalue weighted by atomic mass is 10.3. The first-order chi connectivity index (χ1) is 6.97. The Bertz CT molecular complexity index is 421. The molecule has 0 bridgehead atoms. The first-order valence-corrected chi connectivity index (χ1v) is 6.57. The summed E-state index contributed by atoms with van der Waals surface area (Å²) in [6.07, 6.45) is 0. The van der Waals surface area contributed by atoms with E-state index < -0.39 is 0 Å². The van der Waals surface area contributed by atoms with Gasteiger partial charge in [0.25, 0.3) is 0 Å². The van der Waals surface area contributed by atoms with Crippen LogP contribution in [0.3, 0.4) is 0 Å². The van der Waals surface area contributed by atoms with Crippen LogP contribution in [0, 0.1) is 0 Å². The molecular formula is C8H5Br2Cl3N2. The number of benzene rings is 1. The monoisotopic (exact) mass is 392 g/mol. The highest BCUT2D eigenvalue weighted by Gasteiger charge is 2.12. The second-order valence-electron chi connectivity index (χ2n) is 2.56. The van der Waals surface area contributed by atoms with Crippen LogP contribution in [0.1, 0.15) is 0 Å². The first-order valence-electron chi connectivity index (χ1n) is 3.69. The van der Waals surface area contributed by atoms with Crippen molar-refractivity contribution in [1.29, 1.82) is 0 Å². The highest BCUT2D eigenvalue weighted by Crippen LogP contribution is 2.42. The number of rotatable bonds is 2. The number of hydrogen-bond donors (Lipinski definition) is 1. The molecule has 0 fully saturated rings. The number of nitrogens with two attached hydrogens (primary N) is 1. The summed E-state index contributed by atoms with van der Waals surface area (Å²) in [5.74, 6) is 0.449. The Kier molecular flexibility index (Phi) is 5.19. The molecule has 15 heavy (non-hydrogen) atoms. The normalized spacial score (nSPS) is 11.9. The summed E-state index contributed by atoms with van der Waals surface area (Å²) in [6, 6.07) is 1.64. The first kappa shape index (κ1) is 13.6. The van der Waals surface area contributed by atoms with E-state index in [1.807, 2.05) is 0 Å². The van der Waals surface area contributed by atoms with Crippen molar-refractivity contribution in [3.05, 3.63) is 25.1 Å². The molecule has 0 atom stereocenters. The van der Waals surface area contributed by atoms with Gasteiger partial charge in [0.1, 0.15) is 5.84 Å². The number of hydrogen-bond acceptors (Lipinski definition) is 1. The van der Waals surface area contributed by atoms with Crippen molar-refractivity contribution in [3.8, 4) is 0 Å². The van der Waals surface area contributed by atoms with E-state index in [-0.39, 0.29) is 5.88 Å². The van der Waals surface area contributed by atoms with Gasteiger partial charge < -0.3 is 5.73 Å². The molecule has 1 aromatic carbocycles. The van der Waals surface area contributed by atoms with Gasteiger partial charge >= 0.3 is 0 Å². The van der Waals surface area contributed by atoms with Gasteiger partial charge in [-0.05, 0) is 37.9 Å². The molecule has 82 valence electrons. The standard InChI is InChI=1S/C8H5Br2Cl3N2/c9-6-3(12)1-4(7(10)8(6)13)15-5(14)2-11/h1H,2H2,(H2,14,15). The van der Waals surface area contributed by atoms with Crippen LogP contribution in [-0.4, -0.2) is 11.7 Å². The molecular weight excluding hydrogens is 390 g/mol. The molecule has 2 N–H and O–H groups in total. The third-order valence-electron chi connectivity index (χ3n) is 1.48. The zero-order chi connectivity index (χ0) is 11.6. The number of nitrogens with zero attached hydrogens (tertiary/aromatic N) is 1. The molecule has 0 spiro atoms. The minimum atomic E-state index is 0.151. The van der Waals surface area contributed by atoms with Gasteiger partial charge in [0.15, 0.2) is 0 Å². The second kappa shape index (κ2) is 5.73. The molecule has 1 rings (SSSR count). The Morgan fingerprint density at radius 2 is 1.93 bits per heavy atom. The highest BCUT2D eigenvalue weighted by atomic mass is 79.9. The maximum absolute atomic E-state index is 5.99. The SMILES string of the molecule is NC(CCl)=Nc1cc(Cl)c(Br)c(Cl)c1Br. The summed E-state index contributed by atoms with van der Waals surface area (Å²) in [5, 5.41) is 0.910. The Balaban J connectivity index is 3.33. The van der Waals surface area contributed by atoms with Crippen molar-refractivity contribution in [2.45, 2.75) is 0 Å². The Hall–Kier alpha value is 0.520. The van der Waals surface area contributed by atoms with E-state index in [0.717, 1.165) is 0 Å². The van der Waals surface area contributed by atoms with Gasteiger partial charge in [0.2, 0.25) is 0 Å². The third kappa shape index (κ3) is 3.24. The minimum Gasteiger partial charge on any atom is -0.386 e. The van der Waals surface area contributed by atoms with Crippen LogP contribution in [0.15, 0.2) is 20.0 Å². The van der Waals surface area contributed by atoms with Crippen LogP contribution in [-0.2, 0) is 0 Å². The molecule has 0 saturated heterocycles. The summed E-state index contributed by atoms with van der Waals surface area (Å²) in [4.78, 5) is 4.07. The smallest absolute Gasteiger partial charge is 0.115 e. The quantitative estimate of drug-likeness (QED) is 0.254. The highest BCUT2D eigenvalue weighted by molar-refractivity contribution is 9.11. The van der Waals surface area contributed by atoms with E-state index in [4.69, 9.17) is 40.5 Å². The van der Waals surface area contributed by atoms with Gasteiger partial charge in [-0.15, -0.1) is 11.6 Å². The summed E-state index contributed by atoms with van der Waals surface area (Å²) in [5.41, 5.74) is 6.06. The minimum absolute atomic E-state index is 0.151. The molecule has 0 aliphatic rings. The predicted octanol–water partition coefficient (Wildman–Crippen LogP) is 4.75. The Morgan fingerprint density at radius 3 is 2.47 bits per heavy atom. The van der Waals surface area contributed by atoms with E-state index in [9.17, 15) is 0 Å². The number of aliphatic imine (C=N–C) groups is 1. The molecule has 1 aromatic rings. The van der Waals surface area contributed by atoms with Crippen molar-refractivity contribution in [2.24, 2.45) is 10.7 Å². The van der Waals surface area contributed by atoms with Gasteiger partial charge in [-0.25, -0.2) is 4.99 Å². The third-order valence-corrected chi connectivity index (χ3v) is 4.75. The van der Waals surface area contributed by atoms with Crippen LogP contribution >= 0.6 is 66.7 Å². The van der Waals surface area contributed by atoms with Gasteiger partial charge in [0.05, 0.1) is 30.6 Å². The lowest BCUT2D eigenvalue weighted by Gasteiger charge is -2.06. The molecule has 0 amide bonds. The lowest BCUT2D eigenvalue weighted by Crippen LogP contribution is -2.12. The van der Waals surface area contributed by atoms with Gasteiger partial charge in [-0.1, -0.05) is 23.2 Å². The van der Waals surface area contributed by atoms with Gasteiger partial charge in [-0.3, -0.25) is 0 Å². The summed E-state index contributed by atoms with van der Waals surface area (Å²) < 4.78 is 1.23. The molecule has 0 heterocycles. The van der Waals surface area contributed by atoms with E-state index >= 15 is 0 Å². The largest absolute Gasteiger partial charge is 0.386 e. The van der Waals surface area contributed by atoms with Crippen molar-refractivity contribution in [3.63, 3.8) is 0 Å². The zero-order valence-electron chi connectivity index (χ0n) is 7.20. The predicted molar refractivity (Wildman–Crippen MR) is 73.9 cm³/mol. The maximum atomic E-state index is 5.99. The number of halogens is 5. The zero-order valence-corrected chi connectivity index (χ0v) is 12.6. The Morgan fingerprint density at radius 1 is 1.33 bits per heavy atom. The second-order valence-corrected chi connectivity index (χ2v) is 5.19. The van der Waals surface area contributed by atoms with Crippen molar-refractivity contribution < 1.29 is 0 Å². The molecule has 0 unspecified atom stereocenters. The number of amidine groups is 1. The Labute approximate surface area is 119 Å². The molecule has 0 radical (unpaired) electrons. The van der Waals surface area contributed by atoms with Crippen LogP contribution in [0.25, 0.3) is 0 Å². The summed E-state index contributed by atoms with van der Waals surface area (Å²) in [6.45, 7) is 0. The van der Waals surface area contributed by atoms with Crippen LogP contribution < -0.4 is 5.73 Å². The van der Waals surface area contributed by atoms with Crippen molar-refractivity contribution >= 4 is 78.2 Å². The van der Waals surface area contributed by atoms with Crippen molar-refractivity contribution in [2.75, 3.05) is 5.88 Å². The van der Waals surface area contributed by atoms with Crippen LogP contribution in [0.5, 0.6) is 0 Å². The molecule has 0 saturated carbocycles. The molecule has 0 aromatic heterocycles. The van der Waals surface area contributed by atoms with Gasteiger partial charge in [0, 0.05) is 0 Å². The molecule has 0 aliphatic heterocycles. The maximum Gasteiger partial charge on any atom is 0.115 e. The fourth-order valence-electron chi connectivity index (χ4n) is 0.826. The lowest BCUT2D eigenvalue weighted by molar-refractivity contribution is 1.42.